The summed E-state index contributed by atoms with van der Waals surface area (Å²) in [7, 11) is 1.58. The lowest BCUT2D eigenvalue weighted by molar-refractivity contribution is -0.113. The average Bonchev–Trinajstić information content (AvgIpc) is 3.26. The number of halogens is 1. The molecule has 4 N–H and O–H groups in total. The maximum Gasteiger partial charge on any atom is 0.264 e. The van der Waals surface area contributed by atoms with Crippen LogP contribution in [-0.4, -0.2) is 39.9 Å². The van der Waals surface area contributed by atoms with Crippen LogP contribution in [0.1, 0.15) is 11.1 Å². The molecular weight excluding hydrogens is 558 g/mol. The van der Waals surface area contributed by atoms with Crippen molar-refractivity contribution in [2.45, 2.75) is 11.8 Å². The molecule has 0 atom stereocenters. The van der Waals surface area contributed by atoms with Crippen molar-refractivity contribution in [3.8, 4) is 11.5 Å². The Hall–Kier alpha value is -4.03. The van der Waals surface area contributed by atoms with Crippen LogP contribution in [0, 0.1) is 0 Å². The molecule has 3 aromatic carbocycles. The number of hydrogen-bond donors (Lipinski definition) is 3. The summed E-state index contributed by atoms with van der Waals surface area (Å²) in [5.74, 6) is 7.59. The maximum atomic E-state index is 12.3. The fourth-order valence-electron chi connectivity index (χ4n) is 3.12. The SMILES string of the molecule is COc1ccc(NC(=O)CSc2nnc(N/N=C/c3ccccc3OCc3cccc(Br)c3)n2N)cc1. The predicted molar refractivity (Wildman–Crippen MR) is 149 cm³/mol. The molecule has 0 fully saturated rings. The highest BCUT2D eigenvalue weighted by Crippen LogP contribution is 2.21. The number of rotatable bonds is 11. The number of nitrogen functional groups attached to an aromatic ring is 1. The number of aromatic nitrogens is 3. The number of anilines is 2. The number of hydrogen-bond acceptors (Lipinski definition) is 9. The van der Waals surface area contributed by atoms with Crippen LogP contribution in [-0.2, 0) is 11.4 Å². The van der Waals surface area contributed by atoms with Crippen molar-refractivity contribution < 1.29 is 14.3 Å². The van der Waals surface area contributed by atoms with Crippen LogP contribution in [0.5, 0.6) is 11.5 Å². The molecular formula is C25H24BrN7O3S. The molecule has 4 rings (SSSR count). The first-order chi connectivity index (χ1) is 18.0. The van der Waals surface area contributed by atoms with Crippen LogP contribution in [0.15, 0.2) is 87.5 Å². The topological polar surface area (TPSA) is 129 Å². The number of carbonyl (C=O) groups excluding carboxylic acids is 1. The Morgan fingerprint density at radius 3 is 2.73 bits per heavy atom. The second kappa shape index (κ2) is 12.8. The molecule has 1 aromatic heterocycles. The number of benzene rings is 3. The maximum absolute atomic E-state index is 12.3. The van der Waals surface area contributed by atoms with E-state index in [1.807, 2.05) is 48.5 Å². The molecule has 0 aliphatic carbocycles. The van der Waals surface area contributed by atoms with E-state index in [9.17, 15) is 4.79 Å². The van der Waals surface area contributed by atoms with Gasteiger partial charge in [0.05, 0.1) is 19.1 Å². The van der Waals surface area contributed by atoms with Crippen molar-refractivity contribution >= 4 is 51.4 Å². The van der Waals surface area contributed by atoms with Gasteiger partial charge in [-0.05, 0) is 54.1 Å². The molecule has 0 unspecified atom stereocenters. The van der Waals surface area contributed by atoms with Gasteiger partial charge < -0.3 is 20.6 Å². The number of amides is 1. The van der Waals surface area contributed by atoms with Crippen molar-refractivity contribution in [3.63, 3.8) is 0 Å². The lowest BCUT2D eigenvalue weighted by Crippen LogP contribution is -2.16. The fourth-order valence-corrected chi connectivity index (χ4v) is 4.22. The van der Waals surface area contributed by atoms with Gasteiger partial charge in [0, 0.05) is 15.7 Å². The third-order valence-corrected chi connectivity index (χ3v) is 6.38. The first kappa shape index (κ1) is 26.0. The molecule has 190 valence electrons. The Balaban J connectivity index is 1.30. The number of hydrazone groups is 1. The summed E-state index contributed by atoms with van der Waals surface area (Å²) in [6.45, 7) is 0.418. The molecule has 0 aliphatic rings. The molecule has 1 amide bonds. The highest BCUT2D eigenvalue weighted by molar-refractivity contribution is 9.10. The second-order valence-corrected chi connectivity index (χ2v) is 9.43. The van der Waals surface area contributed by atoms with Crippen molar-refractivity contribution in [3.05, 3.63) is 88.4 Å². The molecule has 0 spiro atoms. The average molecular weight is 582 g/mol. The summed E-state index contributed by atoms with van der Waals surface area (Å²) >= 11 is 4.62. The molecule has 0 saturated carbocycles. The summed E-state index contributed by atoms with van der Waals surface area (Å²) in [6.07, 6.45) is 1.61. The number of nitrogens with zero attached hydrogens (tertiary/aromatic N) is 4. The van der Waals surface area contributed by atoms with Crippen molar-refractivity contribution in [1.29, 1.82) is 0 Å². The van der Waals surface area contributed by atoms with Crippen molar-refractivity contribution in [2.24, 2.45) is 5.10 Å². The van der Waals surface area contributed by atoms with Crippen LogP contribution < -0.4 is 26.1 Å². The molecule has 37 heavy (non-hydrogen) atoms. The van der Waals surface area contributed by atoms with E-state index in [0.717, 1.165) is 27.4 Å². The van der Waals surface area contributed by atoms with Crippen molar-refractivity contribution in [2.75, 3.05) is 29.4 Å². The molecule has 0 radical (unpaired) electrons. The molecule has 0 saturated heterocycles. The number of nitrogens with two attached hydrogens (primary N) is 1. The van der Waals surface area contributed by atoms with Gasteiger partial charge in [-0.2, -0.15) is 5.10 Å². The van der Waals surface area contributed by atoms with Gasteiger partial charge in [0.25, 0.3) is 5.95 Å². The zero-order valence-corrected chi connectivity index (χ0v) is 22.2. The minimum atomic E-state index is -0.204. The minimum absolute atomic E-state index is 0.104. The lowest BCUT2D eigenvalue weighted by Gasteiger charge is -2.09. The van der Waals surface area contributed by atoms with Crippen LogP contribution in [0.25, 0.3) is 0 Å². The van der Waals surface area contributed by atoms with Crippen LogP contribution in [0.2, 0.25) is 0 Å². The number of thioether (sulfide) groups is 1. The number of nitrogens with one attached hydrogen (secondary N) is 2. The van der Waals surface area contributed by atoms with E-state index in [2.05, 4.69) is 42.0 Å². The van der Waals surface area contributed by atoms with Gasteiger partial charge in [0.1, 0.15) is 18.1 Å². The Labute approximate surface area is 226 Å². The number of para-hydroxylation sites is 1. The van der Waals surface area contributed by atoms with Crippen LogP contribution in [0.3, 0.4) is 0 Å². The van der Waals surface area contributed by atoms with Gasteiger partial charge in [0.15, 0.2) is 0 Å². The van der Waals surface area contributed by atoms with Crippen LogP contribution in [0.4, 0.5) is 11.6 Å². The Kier molecular flexibility index (Phi) is 9.00. The van der Waals surface area contributed by atoms with E-state index in [1.54, 1.807) is 37.6 Å². The van der Waals surface area contributed by atoms with E-state index >= 15 is 0 Å². The normalized spacial score (nSPS) is 10.9. The first-order valence-corrected chi connectivity index (χ1v) is 12.8. The summed E-state index contributed by atoms with van der Waals surface area (Å²) in [6, 6.07) is 22.5. The van der Waals surface area contributed by atoms with Gasteiger partial charge in [-0.15, -0.1) is 10.2 Å². The summed E-state index contributed by atoms with van der Waals surface area (Å²) in [5, 5.41) is 15.4. The fraction of sp³-hybridized carbons (Fsp3) is 0.120. The lowest BCUT2D eigenvalue weighted by atomic mass is 10.2. The third-order valence-electron chi connectivity index (χ3n) is 4.94. The first-order valence-electron chi connectivity index (χ1n) is 11.0. The van der Waals surface area contributed by atoms with Gasteiger partial charge in [0.2, 0.25) is 11.1 Å². The summed E-state index contributed by atoms with van der Waals surface area (Å²) in [4.78, 5) is 12.3. The summed E-state index contributed by atoms with van der Waals surface area (Å²) < 4.78 is 13.3. The Morgan fingerprint density at radius 1 is 1.14 bits per heavy atom. The molecule has 12 heteroatoms. The van der Waals surface area contributed by atoms with Gasteiger partial charge in [-0.3, -0.25) is 4.79 Å². The van der Waals surface area contributed by atoms with Crippen molar-refractivity contribution in [1.82, 2.24) is 14.9 Å². The largest absolute Gasteiger partial charge is 0.497 e. The third kappa shape index (κ3) is 7.48. The number of methoxy groups -OCH3 is 1. The Bertz CT molecular complexity index is 1380. The monoisotopic (exact) mass is 581 g/mol. The van der Waals surface area contributed by atoms with E-state index in [4.69, 9.17) is 15.3 Å². The van der Waals surface area contributed by atoms with E-state index in [1.165, 1.54) is 4.68 Å². The van der Waals surface area contributed by atoms with Gasteiger partial charge in [-0.25, -0.2) is 10.1 Å². The molecule has 0 aliphatic heterocycles. The highest BCUT2D eigenvalue weighted by atomic mass is 79.9. The van der Waals surface area contributed by atoms with Gasteiger partial charge >= 0.3 is 0 Å². The smallest absolute Gasteiger partial charge is 0.264 e. The Morgan fingerprint density at radius 2 is 1.95 bits per heavy atom. The zero-order valence-electron chi connectivity index (χ0n) is 19.8. The number of carbonyl (C=O) groups is 1. The van der Waals surface area contributed by atoms with E-state index in [0.29, 0.717) is 28.9 Å². The summed E-state index contributed by atoms with van der Waals surface area (Å²) in [5.41, 5.74) is 5.26. The molecule has 4 aromatic rings. The van der Waals surface area contributed by atoms with Crippen LogP contribution >= 0.6 is 27.7 Å². The number of ether oxygens (including phenoxy) is 2. The molecule has 0 bridgehead atoms. The molecule has 10 nitrogen and oxygen atoms in total. The van der Waals surface area contributed by atoms with E-state index in [-0.39, 0.29) is 17.6 Å². The van der Waals surface area contributed by atoms with Gasteiger partial charge in [-0.1, -0.05) is 52.0 Å². The minimum Gasteiger partial charge on any atom is -0.497 e. The zero-order chi connectivity index (χ0) is 26.0. The molecule has 1 heterocycles. The predicted octanol–water partition coefficient (Wildman–Crippen LogP) is 4.52. The quantitative estimate of drug-likeness (QED) is 0.102. The van der Waals surface area contributed by atoms with E-state index < -0.39 is 0 Å². The highest BCUT2D eigenvalue weighted by Gasteiger charge is 2.12. The second-order valence-electron chi connectivity index (χ2n) is 7.57. The standard InChI is InChI=1S/C25H24BrN7O3S/c1-35-21-11-9-20(10-12-21)29-23(34)16-37-25-32-31-24(33(25)27)30-28-14-18-6-2-3-8-22(18)36-15-17-5-4-7-19(26)13-17/h2-14H,15-16,27H2,1H3,(H,29,34)(H,30,31)/b28-14+.